The van der Waals surface area contributed by atoms with E-state index in [4.69, 9.17) is 0 Å². The third-order valence-corrected chi connectivity index (χ3v) is 1.90. The third-order valence-electron chi connectivity index (χ3n) is 1.31. The van der Waals surface area contributed by atoms with E-state index in [9.17, 15) is 8.78 Å². The maximum atomic E-state index is 12.4. The van der Waals surface area contributed by atoms with Gasteiger partial charge in [0, 0.05) is 0 Å². The van der Waals surface area contributed by atoms with Crippen molar-refractivity contribution < 1.29 is 37.1 Å². The van der Waals surface area contributed by atoms with Crippen LogP contribution in [0.3, 0.4) is 0 Å². The van der Waals surface area contributed by atoms with Crippen LogP contribution in [0.2, 0.25) is 0 Å². The Balaban J connectivity index is 0.000000845. The van der Waals surface area contributed by atoms with E-state index in [0.29, 0.717) is 4.47 Å². The van der Waals surface area contributed by atoms with Gasteiger partial charge in [-0.2, -0.15) is 12.1 Å². The second-order valence-electron chi connectivity index (χ2n) is 2.16. The maximum Gasteiger partial charge on any atom is 1.00 e. The summed E-state index contributed by atoms with van der Waals surface area (Å²) in [5.41, 5.74) is 0. The van der Waals surface area contributed by atoms with Gasteiger partial charge in [-0.05, 0) is 4.47 Å². The molecule has 0 bridgehead atoms. The minimum atomic E-state index is -3.56. The van der Waals surface area contributed by atoms with E-state index in [0.717, 1.165) is 0 Å². The van der Waals surface area contributed by atoms with Crippen LogP contribution >= 0.6 is 15.9 Å². The van der Waals surface area contributed by atoms with Gasteiger partial charge in [-0.3, -0.25) is 0 Å². The van der Waals surface area contributed by atoms with Gasteiger partial charge in [0.15, 0.2) is 0 Å². The van der Waals surface area contributed by atoms with Gasteiger partial charge in [0.2, 0.25) is 0 Å². The maximum absolute atomic E-state index is 12.4. The van der Waals surface area contributed by atoms with Gasteiger partial charge in [0.05, 0.1) is 11.5 Å². The molecule has 1 aliphatic rings. The summed E-state index contributed by atoms with van der Waals surface area (Å²) in [7, 11) is 0. The number of hydrogen-bond acceptors (Lipinski definition) is 2. The second-order valence-corrected chi connectivity index (χ2v) is 3.02. The zero-order valence-electron chi connectivity index (χ0n) is 6.61. The first-order valence-corrected chi connectivity index (χ1v) is 3.83. The first-order valence-electron chi connectivity index (χ1n) is 3.04. The van der Waals surface area contributed by atoms with Crippen LogP contribution in [0, 0.1) is 6.07 Å². The number of benzene rings is 1. The number of rotatable bonds is 0. The van der Waals surface area contributed by atoms with Gasteiger partial charge in [0.1, 0.15) is 0 Å². The van der Waals surface area contributed by atoms with Gasteiger partial charge in [-0.1, -0.05) is 0 Å². The quantitative estimate of drug-likeness (QED) is 0.455. The van der Waals surface area contributed by atoms with Crippen LogP contribution in [0.4, 0.5) is 8.78 Å². The number of hydrogen-bond donors (Lipinski definition) is 0. The fraction of sp³-hybridized carbons (Fsp3) is 0.143. The molecule has 0 atom stereocenters. The average molecular weight is 243 g/mol. The van der Waals surface area contributed by atoms with E-state index in [1.54, 1.807) is 0 Å². The summed E-state index contributed by atoms with van der Waals surface area (Å²) >= 11 is 3.03. The number of ether oxygens (including phenoxy) is 2. The van der Waals surface area contributed by atoms with Crippen molar-refractivity contribution in [2.24, 2.45) is 0 Å². The van der Waals surface area contributed by atoms with Crippen LogP contribution in [0.25, 0.3) is 0 Å². The molecule has 0 saturated carbocycles. The molecule has 1 aromatic carbocycles. The minimum absolute atomic E-state index is 0. The molecule has 64 valence electrons. The fourth-order valence-corrected chi connectivity index (χ4v) is 1.29. The monoisotopic (exact) mass is 242 g/mol. The summed E-state index contributed by atoms with van der Waals surface area (Å²) in [6.45, 7) is 0. The topological polar surface area (TPSA) is 18.5 Å². The largest absolute Gasteiger partial charge is 1.00 e. The molecule has 1 aromatic rings. The molecule has 2 nitrogen and oxygen atoms in total. The second kappa shape index (κ2) is 3.49. The van der Waals surface area contributed by atoms with Crippen LogP contribution in [-0.2, 0) is 0 Å². The molecular weight excluding hydrogens is 241 g/mol. The van der Waals surface area contributed by atoms with Gasteiger partial charge >= 0.3 is 25.2 Å². The molecule has 13 heavy (non-hydrogen) atoms. The van der Waals surface area contributed by atoms with Crippen molar-refractivity contribution in [2.45, 2.75) is 6.29 Å². The van der Waals surface area contributed by atoms with Gasteiger partial charge in [0.25, 0.3) is 0 Å². The van der Waals surface area contributed by atoms with Crippen molar-refractivity contribution in [2.75, 3.05) is 0 Å². The number of halogens is 3. The Labute approximate surface area is 93.5 Å². The summed E-state index contributed by atoms with van der Waals surface area (Å²) in [6.07, 6.45) is -3.56. The smallest absolute Gasteiger partial charge is 0.460 e. The summed E-state index contributed by atoms with van der Waals surface area (Å²) in [5, 5.41) is 0. The summed E-state index contributed by atoms with van der Waals surface area (Å²) in [5.74, 6) is 0.00752. The molecule has 0 amide bonds. The van der Waals surface area contributed by atoms with E-state index in [2.05, 4.69) is 31.5 Å². The molecular formula is C7H2BrF2LiO2. The van der Waals surface area contributed by atoms with Gasteiger partial charge < -0.3 is 9.47 Å². The first kappa shape index (κ1) is 10.8. The SMILES string of the molecule is FC1(F)Oc2c[c-]cc(Br)c2O1.[Li+]. The molecule has 1 heterocycles. The molecule has 0 spiro atoms. The van der Waals surface area contributed by atoms with Crippen molar-refractivity contribution >= 4 is 15.9 Å². The van der Waals surface area contributed by atoms with E-state index >= 15 is 0 Å². The molecule has 0 saturated heterocycles. The Bertz CT molecular complexity index is 332. The Morgan fingerprint density at radius 2 is 2.00 bits per heavy atom. The van der Waals surface area contributed by atoms with Crippen molar-refractivity contribution in [1.29, 1.82) is 0 Å². The van der Waals surface area contributed by atoms with Crippen molar-refractivity contribution in [3.8, 4) is 11.5 Å². The van der Waals surface area contributed by atoms with Crippen LogP contribution in [0.5, 0.6) is 11.5 Å². The van der Waals surface area contributed by atoms with Gasteiger partial charge in [-0.15, -0.1) is 30.8 Å². The normalized spacial score (nSPS) is 16.5. The molecule has 0 N–H and O–H groups in total. The van der Waals surface area contributed by atoms with E-state index in [-0.39, 0.29) is 30.4 Å². The van der Waals surface area contributed by atoms with Crippen LogP contribution < -0.4 is 28.3 Å². The first-order chi connectivity index (χ1) is 5.58. The fourth-order valence-electron chi connectivity index (χ4n) is 0.882. The van der Waals surface area contributed by atoms with E-state index in [1.807, 2.05) is 0 Å². The molecule has 1 aliphatic heterocycles. The zero-order chi connectivity index (χ0) is 8.77. The van der Waals surface area contributed by atoms with Gasteiger partial charge in [-0.25, -0.2) is 0 Å². The Morgan fingerprint density at radius 3 is 2.62 bits per heavy atom. The number of alkyl halides is 2. The summed E-state index contributed by atoms with van der Waals surface area (Å²) in [4.78, 5) is 0. The predicted molar refractivity (Wildman–Crippen MR) is 39.2 cm³/mol. The Kier molecular flexibility index (Phi) is 2.91. The molecule has 2 rings (SSSR count). The van der Waals surface area contributed by atoms with E-state index < -0.39 is 6.29 Å². The molecule has 0 aromatic heterocycles. The molecule has 6 heteroatoms. The standard InChI is InChI=1S/C7H2BrF2O2.Li/c8-4-2-1-3-5-6(4)12-7(9,10)11-5;/h2-3H;/q-1;+1. The van der Waals surface area contributed by atoms with Crippen LogP contribution in [-0.4, -0.2) is 6.29 Å². The molecule has 0 fully saturated rings. The summed E-state index contributed by atoms with van der Waals surface area (Å²) in [6, 6.07) is 5.38. The van der Waals surface area contributed by atoms with Crippen molar-refractivity contribution in [3.05, 3.63) is 22.7 Å². The minimum Gasteiger partial charge on any atom is -0.460 e. The zero-order valence-corrected chi connectivity index (χ0v) is 8.19. The molecule has 0 aliphatic carbocycles. The average Bonchev–Trinajstić information content (AvgIpc) is 2.25. The third kappa shape index (κ3) is 1.98. The number of fused-ring (bicyclic) bond motifs is 1. The molecule has 0 radical (unpaired) electrons. The van der Waals surface area contributed by atoms with Crippen LogP contribution in [0.1, 0.15) is 0 Å². The Hall–Kier alpha value is -0.243. The Morgan fingerprint density at radius 1 is 1.31 bits per heavy atom. The predicted octanol–water partition coefficient (Wildman–Crippen LogP) is -0.425. The van der Waals surface area contributed by atoms with Crippen molar-refractivity contribution in [3.63, 3.8) is 0 Å². The van der Waals surface area contributed by atoms with Crippen LogP contribution in [0.15, 0.2) is 16.6 Å². The summed E-state index contributed by atoms with van der Waals surface area (Å²) < 4.78 is 33.6. The van der Waals surface area contributed by atoms with Crippen molar-refractivity contribution in [1.82, 2.24) is 0 Å². The van der Waals surface area contributed by atoms with E-state index in [1.165, 1.54) is 12.1 Å². The molecule has 0 unspecified atom stereocenters.